The van der Waals surface area contributed by atoms with E-state index in [0.29, 0.717) is 30.1 Å². The standard InChI is InChI=1S/C18H22N6O2/c25-24(26)16-9-12-1-2-13-10-20-7-5-19-6-8-21-11-14-3-4-15(16)18(23-14)17(12)22-13/h1-4,12,19-21H,5-11H2. The summed E-state index contributed by atoms with van der Waals surface area (Å²) in [4.78, 5) is 20.8. The average molecular weight is 354 g/mol. The maximum Gasteiger partial charge on any atom is 0.256 e. The SMILES string of the molecule is O=[N+]([O-])C1=c2ccc3nc2=C2N=C(C=CC2C1)CNCCNCCNC3. The Kier molecular flexibility index (Phi) is 4.87. The van der Waals surface area contributed by atoms with Crippen molar-refractivity contribution in [3.05, 3.63) is 50.7 Å². The van der Waals surface area contributed by atoms with Gasteiger partial charge in [0.1, 0.15) is 0 Å². The van der Waals surface area contributed by atoms with Gasteiger partial charge in [0.25, 0.3) is 5.70 Å². The summed E-state index contributed by atoms with van der Waals surface area (Å²) in [5.74, 6) is -0.0836. The number of nitrogens with one attached hydrogen (secondary N) is 3. The lowest BCUT2D eigenvalue weighted by Crippen LogP contribution is -2.41. The van der Waals surface area contributed by atoms with Gasteiger partial charge in [-0.25, -0.2) is 4.98 Å². The van der Waals surface area contributed by atoms with Crippen molar-refractivity contribution >= 4 is 17.1 Å². The van der Waals surface area contributed by atoms with Gasteiger partial charge in [-0.1, -0.05) is 6.08 Å². The summed E-state index contributed by atoms with van der Waals surface area (Å²) in [6.45, 7) is 4.79. The van der Waals surface area contributed by atoms with Crippen molar-refractivity contribution in [2.75, 3.05) is 32.7 Å². The Morgan fingerprint density at radius 3 is 2.65 bits per heavy atom. The molecular weight excluding hydrogens is 332 g/mol. The van der Waals surface area contributed by atoms with Crippen LogP contribution in [0.25, 0.3) is 11.4 Å². The van der Waals surface area contributed by atoms with Crippen LogP contribution in [0.1, 0.15) is 12.1 Å². The molecule has 1 atom stereocenters. The number of nitro groups is 1. The highest BCUT2D eigenvalue weighted by molar-refractivity contribution is 6.00. The van der Waals surface area contributed by atoms with Crippen LogP contribution in [-0.2, 0) is 6.54 Å². The fourth-order valence-corrected chi connectivity index (χ4v) is 3.51. The highest BCUT2D eigenvalue weighted by Crippen LogP contribution is 2.28. The molecule has 0 saturated carbocycles. The van der Waals surface area contributed by atoms with E-state index in [1.807, 2.05) is 24.3 Å². The largest absolute Gasteiger partial charge is 0.314 e. The molecule has 4 bridgehead atoms. The van der Waals surface area contributed by atoms with Crippen molar-refractivity contribution in [3.8, 4) is 0 Å². The van der Waals surface area contributed by atoms with Crippen LogP contribution in [0.3, 0.4) is 0 Å². The van der Waals surface area contributed by atoms with Crippen molar-refractivity contribution in [2.45, 2.75) is 13.0 Å². The number of aliphatic imine (C=N–C) groups is 1. The van der Waals surface area contributed by atoms with Crippen LogP contribution in [-0.4, -0.2) is 48.3 Å². The van der Waals surface area contributed by atoms with E-state index in [4.69, 9.17) is 9.98 Å². The average Bonchev–Trinajstić information content (AvgIpc) is 2.65. The zero-order valence-electron chi connectivity index (χ0n) is 14.5. The van der Waals surface area contributed by atoms with Crippen molar-refractivity contribution in [1.29, 1.82) is 0 Å². The molecule has 4 rings (SSSR count). The van der Waals surface area contributed by atoms with Crippen molar-refractivity contribution in [3.63, 3.8) is 0 Å². The number of pyridine rings is 1. The number of dihydropyridines is 1. The molecule has 2 aliphatic heterocycles. The molecule has 0 spiro atoms. The number of hydrogen-bond donors (Lipinski definition) is 3. The molecule has 1 aromatic heterocycles. The van der Waals surface area contributed by atoms with E-state index in [1.54, 1.807) is 0 Å². The zero-order chi connectivity index (χ0) is 17.9. The third-order valence-electron chi connectivity index (χ3n) is 4.85. The van der Waals surface area contributed by atoms with Crippen LogP contribution in [0.5, 0.6) is 0 Å². The molecule has 8 heteroatoms. The Balaban J connectivity index is 1.86. The summed E-state index contributed by atoms with van der Waals surface area (Å²) in [6, 6.07) is 3.69. The summed E-state index contributed by atoms with van der Waals surface area (Å²) in [7, 11) is 0. The molecule has 26 heavy (non-hydrogen) atoms. The molecule has 0 fully saturated rings. The molecule has 0 saturated heterocycles. The predicted molar refractivity (Wildman–Crippen MR) is 99.4 cm³/mol. The minimum atomic E-state index is -0.280. The lowest BCUT2D eigenvalue weighted by molar-refractivity contribution is -0.382. The first kappa shape index (κ1) is 17.0. The molecule has 3 aliphatic rings. The van der Waals surface area contributed by atoms with Crippen LogP contribution in [0.2, 0.25) is 0 Å². The van der Waals surface area contributed by atoms with Crippen molar-refractivity contribution in [1.82, 2.24) is 20.9 Å². The molecule has 0 radical (unpaired) electrons. The third kappa shape index (κ3) is 3.44. The molecule has 1 unspecified atom stereocenters. The molecule has 3 N–H and O–H groups in total. The Hall–Kier alpha value is -2.42. The minimum Gasteiger partial charge on any atom is -0.314 e. The normalized spacial score (nSPS) is 23.2. The lowest BCUT2D eigenvalue weighted by Gasteiger charge is -2.21. The van der Waals surface area contributed by atoms with Crippen molar-refractivity contribution in [2.24, 2.45) is 10.9 Å². The quantitative estimate of drug-likeness (QED) is 0.436. The molecule has 1 aliphatic carbocycles. The monoisotopic (exact) mass is 354 g/mol. The smallest absolute Gasteiger partial charge is 0.256 e. The molecule has 136 valence electrons. The summed E-state index contributed by atoms with van der Waals surface area (Å²) in [5.41, 5.74) is 2.88. The second-order valence-corrected chi connectivity index (χ2v) is 6.66. The minimum absolute atomic E-state index is 0.0836. The highest BCUT2D eigenvalue weighted by Gasteiger charge is 2.29. The van der Waals surface area contributed by atoms with Gasteiger partial charge in [0.15, 0.2) is 0 Å². The third-order valence-corrected chi connectivity index (χ3v) is 4.85. The summed E-state index contributed by atoms with van der Waals surface area (Å²) < 4.78 is 0. The van der Waals surface area contributed by atoms with Gasteiger partial charge in [-0.15, -0.1) is 0 Å². The topological polar surface area (TPSA) is 104 Å². The highest BCUT2D eigenvalue weighted by atomic mass is 16.6. The van der Waals surface area contributed by atoms with Crippen LogP contribution < -0.4 is 26.5 Å². The van der Waals surface area contributed by atoms with Crippen LogP contribution >= 0.6 is 0 Å². The van der Waals surface area contributed by atoms with Gasteiger partial charge < -0.3 is 16.0 Å². The predicted octanol–water partition coefficient (Wildman–Crippen LogP) is -1.11. The van der Waals surface area contributed by atoms with Gasteiger partial charge in [-0.2, -0.15) is 0 Å². The number of nitrogens with zero attached hydrogens (tertiary/aromatic N) is 3. The number of fused-ring (bicyclic) bond motifs is 1. The summed E-state index contributed by atoms with van der Waals surface area (Å²) in [6.07, 6.45) is 4.36. The van der Waals surface area contributed by atoms with Crippen LogP contribution in [0, 0.1) is 16.0 Å². The Bertz CT molecular complexity index is 905. The molecule has 8 nitrogen and oxygen atoms in total. The maximum absolute atomic E-state index is 11.5. The van der Waals surface area contributed by atoms with E-state index < -0.39 is 0 Å². The van der Waals surface area contributed by atoms with Gasteiger partial charge >= 0.3 is 0 Å². The van der Waals surface area contributed by atoms with Crippen molar-refractivity contribution < 1.29 is 4.92 Å². The Labute approximate surface area is 151 Å². The maximum atomic E-state index is 11.5. The Morgan fingerprint density at radius 1 is 1.08 bits per heavy atom. The van der Waals surface area contributed by atoms with E-state index in [-0.39, 0.29) is 16.5 Å². The fraction of sp³-hybridized carbons (Fsp3) is 0.444. The molecule has 0 amide bonds. The number of hydrogen-bond acceptors (Lipinski definition) is 7. The van der Waals surface area contributed by atoms with Crippen LogP contribution in [0.15, 0.2) is 29.3 Å². The first-order valence-corrected chi connectivity index (χ1v) is 8.98. The van der Waals surface area contributed by atoms with Crippen LogP contribution in [0.4, 0.5) is 0 Å². The van der Waals surface area contributed by atoms with E-state index in [0.717, 1.165) is 43.3 Å². The van der Waals surface area contributed by atoms with E-state index in [1.165, 1.54) is 0 Å². The molecule has 1 aromatic rings. The van der Waals surface area contributed by atoms with Gasteiger partial charge in [0.05, 0.1) is 39.0 Å². The molecule has 0 aromatic carbocycles. The molecule has 3 heterocycles. The summed E-state index contributed by atoms with van der Waals surface area (Å²) >= 11 is 0. The Morgan fingerprint density at radius 2 is 1.85 bits per heavy atom. The first-order chi connectivity index (χ1) is 12.7. The first-order valence-electron chi connectivity index (χ1n) is 8.98. The summed E-state index contributed by atoms with van der Waals surface area (Å²) in [5, 5.41) is 22.9. The lowest BCUT2D eigenvalue weighted by atomic mass is 9.90. The second-order valence-electron chi connectivity index (χ2n) is 6.66. The zero-order valence-corrected chi connectivity index (χ0v) is 14.5. The van der Waals surface area contributed by atoms with Gasteiger partial charge in [0.2, 0.25) is 0 Å². The van der Waals surface area contributed by atoms with Gasteiger partial charge in [-0.05, 0) is 18.2 Å². The van der Waals surface area contributed by atoms with E-state index in [9.17, 15) is 10.1 Å². The fourth-order valence-electron chi connectivity index (χ4n) is 3.51. The second kappa shape index (κ2) is 7.45. The van der Waals surface area contributed by atoms with Gasteiger partial charge in [0, 0.05) is 45.2 Å². The van der Waals surface area contributed by atoms with E-state index in [2.05, 4.69) is 16.0 Å². The number of aromatic nitrogens is 1. The number of rotatable bonds is 1. The van der Waals surface area contributed by atoms with Gasteiger partial charge in [-0.3, -0.25) is 15.1 Å². The van der Waals surface area contributed by atoms with E-state index >= 15 is 0 Å². The molecular formula is C18H22N6O2.